The minimum Gasteiger partial charge on any atom is -0.497 e. The first kappa shape index (κ1) is 13.7. The average Bonchev–Trinajstić information content (AvgIpc) is 2.48. The van der Waals surface area contributed by atoms with E-state index in [1.165, 1.54) is 13.3 Å². The average molecular weight is 273 g/mol. The molecule has 0 atom stereocenters. The molecular formula is C14H15N3O3. The highest BCUT2D eigenvalue weighted by Crippen LogP contribution is 2.26. The molecule has 1 heterocycles. The third-order valence-electron chi connectivity index (χ3n) is 2.75. The lowest BCUT2D eigenvalue weighted by Crippen LogP contribution is -2.14. The number of pyridine rings is 1. The molecule has 1 amide bonds. The predicted octanol–water partition coefficient (Wildman–Crippen LogP) is 1.93. The number of hydrogen-bond donors (Lipinski definition) is 2. The van der Waals surface area contributed by atoms with E-state index in [9.17, 15) is 4.79 Å². The first-order valence-electron chi connectivity index (χ1n) is 5.88. The summed E-state index contributed by atoms with van der Waals surface area (Å²) in [6.07, 6.45) is 3.03. The molecule has 6 heteroatoms. The van der Waals surface area contributed by atoms with E-state index < -0.39 is 0 Å². The fourth-order valence-corrected chi connectivity index (χ4v) is 1.70. The van der Waals surface area contributed by atoms with E-state index in [1.807, 2.05) is 0 Å². The van der Waals surface area contributed by atoms with Gasteiger partial charge in [0.1, 0.15) is 11.5 Å². The third kappa shape index (κ3) is 2.80. The Balaban J connectivity index is 2.27. The fourth-order valence-electron chi connectivity index (χ4n) is 1.70. The minimum atomic E-state index is -0.317. The number of nitrogens with zero attached hydrogens (tertiary/aromatic N) is 1. The van der Waals surface area contributed by atoms with E-state index in [0.29, 0.717) is 28.4 Å². The Labute approximate surface area is 116 Å². The summed E-state index contributed by atoms with van der Waals surface area (Å²) in [5, 5.41) is 2.71. The van der Waals surface area contributed by atoms with Crippen LogP contribution in [0, 0.1) is 0 Å². The van der Waals surface area contributed by atoms with Gasteiger partial charge in [-0.15, -0.1) is 0 Å². The molecule has 0 radical (unpaired) electrons. The predicted molar refractivity (Wildman–Crippen MR) is 76.1 cm³/mol. The zero-order chi connectivity index (χ0) is 14.5. The SMILES string of the molecule is COc1ccc(C(=O)Nc2ccncc2N)c(OC)c1. The van der Waals surface area contributed by atoms with Crippen molar-refractivity contribution in [3.8, 4) is 11.5 Å². The molecular weight excluding hydrogens is 258 g/mol. The molecule has 0 aliphatic rings. The molecule has 0 spiro atoms. The molecule has 0 aliphatic heterocycles. The van der Waals surface area contributed by atoms with Gasteiger partial charge in [-0.3, -0.25) is 9.78 Å². The highest BCUT2D eigenvalue weighted by Gasteiger charge is 2.14. The van der Waals surface area contributed by atoms with Crippen LogP contribution >= 0.6 is 0 Å². The van der Waals surface area contributed by atoms with Gasteiger partial charge in [0.15, 0.2) is 0 Å². The van der Waals surface area contributed by atoms with E-state index in [2.05, 4.69) is 10.3 Å². The summed E-state index contributed by atoms with van der Waals surface area (Å²) in [7, 11) is 3.04. The largest absolute Gasteiger partial charge is 0.497 e. The molecule has 20 heavy (non-hydrogen) atoms. The van der Waals surface area contributed by atoms with E-state index in [1.54, 1.807) is 37.6 Å². The zero-order valence-electron chi connectivity index (χ0n) is 11.2. The number of amides is 1. The highest BCUT2D eigenvalue weighted by atomic mass is 16.5. The smallest absolute Gasteiger partial charge is 0.259 e. The Morgan fingerprint density at radius 1 is 1.25 bits per heavy atom. The van der Waals surface area contributed by atoms with Gasteiger partial charge < -0.3 is 20.5 Å². The Morgan fingerprint density at radius 3 is 2.70 bits per heavy atom. The van der Waals surface area contributed by atoms with Crippen molar-refractivity contribution in [2.75, 3.05) is 25.3 Å². The lowest BCUT2D eigenvalue weighted by atomic mass is 10.1. The van der Waals surface area contributed by atoms with Crippen molar-refractivity contribution < 1.29 is 14.3 Å². The second-order valence-electron chi connectivity index (χ2n) is 3.98. The molecule has 6 nitrogen and oxygen atoms in total. The summed E-state index contributed by atoms with van der Waals surface area (Å²) in [4.78, 5) is 16.1. The van der Waals surface area contributed by atoms with Crippen molar-refractivity contribution >= 4 is 17.3 Å². The minimum absolute atomic E-state index is 0.317. The van der Waals surface area contributed by atoms with Crippen molar-refractivity contribution in [1.29, 1.82) is 0 Å². The fraction of sp³-hybridized carbons (Fsp3) is 0.143. The lowest BCUT2D eigenvalue weighted by Gasteiger charge is -2.11. The van der Waals surface area contributed by atoms with E-state index >= 15 is 0 Å². The van der Waals surface area contributed by atoms with Crippen LogP contribution in [-0.2, 0) is 0 Å². The van der Waals surface area contributed by atoms with Gasteiger partial charge >= 0.3 is 0 Å². The van der Waals surface area contributed by atoms with Gasteiger partial charge in [-0.25, -0.2) is 0 Å². The standard InChI is InChI=1S/C14H15N3O3/c1-19-9-3-4-10(13(7-9)20-2)14(18)17-12-5-6-16-8-11(12)15/h3-8H,15H2,1-2H3,(H,16,17,18). The molecule has 1 aromatic heterocycles. The Kier molecular flexibility index (Phi) is 4.05. The second kappa shape index (κ2) is 5.92. The number of benzene rings is 1. The van der Waals surface area contributed by atoms with E-state index in [4.69, 9.17) is 15.2 Å². The zero-order valence-corrected chi connectivity index (χ0v) is 11.2. The van der Waals surface area contributed by atoms with Crippen LogP contribution in [-0.4, -0.2) is 25.1 Å². The van der Waals surface area contributed by atoms with Gasteiger partial charge in [0.05, 0.1) is 37.4 Å². The maximum atomic E-state index is 12.2. The van der Waals surface area contributed by atoms with Gasteiger partial charge in [-0.05, 0) is 18.2 Å². The molecule has 3 N–H and O–H groups in total. The second-order valence-corrected chi connectivity index (χ2v) is 3.98. The van der Waals surface area contributed by atoms with Crippen LogP contribution in [0.25, 0.3) is 0 Å². The molecule has 0 saturated heterocycles. The Bertz CT molecular complexity index is 629. The summed E-state index contributed by atoms with van der Waals surface area (Å²) in [5.41, 5.74) is 7.03. The summed E-state index contributed by atoms with van der Waals surface area (Å²) >= 11 is 0. The number of ether oxygens (including phenoxy) is 2. The summed E-state index contributed by atoms with van der Waals surface area (Å²) in [5.74, 6) is 0.721. The molecule has 0 fully saturated rings. The molecule has 2 rings (SSSR count). The van der Waals surface area contributed by atoms with Gasteiger partial charge in [0, 0.05) is 12.3 Å². The van der Waals surface area contributed by atoms with Crippen LogP contribution in [0.5, 0.6) is 11.5 Å². The first-order valence-corrected chi connectivity index (χ1v) is 5.88. The number of carbonyl (C=O) groups excluding carboxylic acids is 1. The number of hydrogen-bond acceptors (Lipinski definition) is 5. The van der Waals surface area contributed by atoms with Crippen molar-refractivity contribution in [1.82, 2.24) is 4.98 Å². The molecule has 0 bridgehead atoms. The number of methoxy groups -OCH3 is 2. The lowest BCUT2D eigenvalue weighted by molar-refractivity contribution is 0.102. The number of nitrogens with two attached hydrogens (primary N) is 1. The normalized spacial score (nSPS) is 9.90. The quantitative estimate of drug-likeness (QED) is 0.889. The van der Waals surface area contributed by atoms with Crippen molar-refractivity contribution in [2.45, 2.75) is 0 Å². The number of carbonyl (C=O) groups is 1. The van der Waals surface area contributed by atoms with Crippen LogP contribution < -0.4 is 20.5 Å². The number of aromatic nitrogens is 1. The maximum absolute atomic E-state index is 12.2. The molecule has 0 aliphatic carbocycles. The van der Waals surface area contributed by atoms with Crippen LogP contribution in [0.15, 0.2) is 36.7 Å². The Hall–Kier alpha value is -2.76. The van der Waals surface area contributed by atoms with Gasteiger partial charge in [-0.1, -0.05) is 0 Å². The monoisotopic (exact) mass is 273 g/mol. The third-order valence-corrected chi connectivity index (χ3v) is 2.75. The van der Waals surface area contributed by atoms with Gasteiger partial charge in [0.2, 0.25) is 0 Å². The van der Waals surface area contributed by atoms with Crippen molar-refractivity contribution in [3.63, 3.8) is 0 Å². The molecule has 0 saturated carbocycles. The molecule has 0 unspecified atom stereocenters. The van der Waals surface area contributed by atoms with Crippen LogP contribution in [0.2, 0.25) is 0 Å². The van der Waals surface area contributed by atoms with E-state index in [0.717, 1.165) is 0 Å². The molecule has 2 aromatic rings. The number of nitrogen functional groups attached to an aromatic ring is 1. The highest BCUT2D eigenvalue weighted by molar-refractivity contribution is 6.07. The number of nitrogens with one attached hydrogen (secondary N) is 1. The maximum Gasteiger partial charge on any atom is 0.259 e. The first-order chi connectivity index (χ1) is 9.65. The van der Waals surface area contributed by atoms with Gasteiger partial charge in [0.25, 0.3) is 5.91 Å². The molecule has 1 aromatic carbocycles. The summed E-state index contributed by atoms with van der Waals surface area (Å²) in [6, 6.07) is 6.59. The Morgan fingerprint density at radius 2 is 2.05 bits per heavy atom. The van der Waals surface area contributed by atoms with Crippen LogP contribution in [0.4, 0.5) is 11.4 Å². The number of rotatable bonds is 4. The molecule has 104 valence electrons. The number of anilines is 2. The summed E-state index contributed by atoms with van der Waals surface area (Å²) < 4.78 is 10.3. The van der Waals surface area contributed by atoms with Crippen molar-refractivity contribution in [3.05, 3.63) is 42.2 Å². The van der Waals surface area contributed by atoms with Gasteiger partial charge in [-0.2, -0.15) is 0 Å². The van der Waals surface area contributed by atoms with E-state index in [-0.39, 0.29) is 5.91 Å². The van der Waals surface area contributed by atoms with Crippen LogP contribution in [0.3, 0.4) is 0 Å². The summed E-state index contributed by atoms with van der Waals surface area (Å²) in [6.45, 7) is 0. The van der Waals surface area contributed by atoms with Crippen LogP contribution in [0.1, 0.15) is 10.4 Å². The topological polar surface area (TPSA) is 86.5 Å². The van der Waals surface area contributed by atoms with Crippen molar-refractivity contribution in [2.24, 2.45) is 0 Å².